The normalized spacial score (nSPS) is 14.7. The Morgan fingerprint density at radius 1 is 1.03 bits per heavy atom. The maximum atomic E-state index is 14.5. The van der Waals surface area contributed by atoms with E-state index >= 15 is 0 Å². The van der Waals surface area contributed by atoms with Gasteiger partial charge in [-0.3, -0.25) is 4.79 Å². The number of amides is 1. The van der Waals surface area contributed by atoms with Crippen molar-refractivity contribution in [2.45, 2.75) is 12.0 Å². The van der Waals surface area contributed by atoms with E-state index in [-0.39, 0.29) is 0 Å². The Balaban J connectivity index is 1.95. The molecule has 0 fully saturated rings. The molecule has 0 bridgehead atoms. The highest BCUT2D eigenvalue weighted by Crippen LogP contribution is 2.50. The molecule has 0 aliphatic carbocycles. The lowest BCUT2D eigenvalue weighted by Crippen LogP contribution is -2.34. The zero-order valence-electron chi connectivity index (χ0n) is 16.6. The van der Waals surface area contributed by atoms with Crippen molar-refractivity contribution in [3.8, 4) is 28.4 Å². The maximum Gasteiger partial charge on any atom is 0.352 e. The van der Waals surface area contributed by atoms with Gasteiger partial charge in [0.25, 0.3) is 0 Å². The molecule has 0 spiro atoms. The maximum absolute atomic E-state index is 14.5. The van der Waals surface area contributed by atoms with Gasteiger partial charge < -0.3 is 14.2 Å². The number of carbonyl (C=O) groups is 1. The van der Waals surface area contributed by atoms with Crippen molar-refractivity contribution in [3.05, 3.63) is 77.4 Å². The van der Waals surface area contributed by atoms with Crippen LogP contribution in [-0.2, 0) is 10.7 Å². The second-order valence-corrected chi connectivity index (χ2v) is 6.91. The highest BCUT2D eigenvalue weighted by atomic mass is 19.3. The van der Waals surface area contributed by atoms with Crippen LogP contribution in [0.25, 0.3) is 11.1 Å². The van der Waals surface area contributed by atoms with Crippen molar-refractivity contribution in [3.63, 3.8) is 0 Å². The lowest BCUT2D eigenvalue weighted by atomic mass is 9.87. The average molecular weight is 429 g/mol. The highest BCUT2D eigenvalue weighted by molar-refractivity contribution is 5.86. The molecule has 8 heteroatoms. The van der Waals surface area contributed by atoms with Crippen LogP contribution in [-0.4, -0.2) is 20.1 Å². The van der Waals surface area contributed by atoms with E-state index in [0.29, 0.717) is 45.0 Å². The first-order chi connectivity index (χ1) is 14.9. The molecule has 1 amide bonds. The smallest absolute Gasteiger partial charge is 0.352 e. The van der Waals surface area contributed by atoms with Crippen molar-refractivity contribution in [1.82, 2.24) is 5.54 Å². The fourth-order valence-electron chi connectivity index (χ4n) is 3.68. The molecule has 1 N–H and O–H groups in total. The van der Waals surface area contributed by atoms with Crippen LogP contribution in [0.1, 0.15) is 22.8 Å². The number of nitrogens with one attached hydrogen (secondary N) is 1. The Bertz CT molecular complexity index is 1150. The van der Waals surface area contributed by atoms with E-state index < -0.39 is 23.5 Å². The minimum atomic E-state index is -4.07. The summed E-state index contributed by atoms with van der Waals surface area (Å²) in [6.45, 7) is 0. The Morgan fingerprint density at radius 3 is 2.52 bits per heavy atom. The average Bonchev–Trinajstić information content (AvgIpc) is 2.81. The molecule has 1 aliphatic heterocycles. The van der Waals surface area contributed by atoms with E-state index in [2.05, 4.69) is 0 Å². The number of carbonyl (C=O) groups excluding carboxylic acids is 1. The van der Waals surface area contributed by atoms with Gasteiger partial charge >= 0.3 is 11.8 Å². The van der Waals surface area contributed by atoms with Crippen molar-refractivity contribution < 1.29 is 32.3 Å². The zero-order valence-corrected chi connectivity index (χ0v) is 16.6. The second kappa shape index (κ2) is 7.86. The minimum absolute atomic E-state index is 0.383. The van der Waals surface area contributed by atoms with Gasteiger partial charge in [0.1, 0.15) is 23.4 Å². The molecule has 1 aliphatic rings. The first kappa shape index (κ1) is 20.6. The fourth-order valence-corrected chi connectivity index (χ4v) is 3.68. The Morgan fingerprint density at radius 2 is 1.81 bits per heavy atom. The third-order valence-corrected chi connectivity index (χ3v) is 5.19. The van der Waals surface area contributed by atoms with E-state index in [0.717, 1.165) is 12.1 Å². The predicted octanol–water partition coefficient (Wildman–Crippen LogP) is 4.95. The number of methoxy groups -OCH3 is 2. The molecule has 0 radical (unpaired) electrons. The number of fused-ring (bicyclic) bond motifs is 3. The molecule has 5 nitrogen and oxygen atoms in total. The molecule has 0 saturated carbocycles. The third-order valence-electron chi connectivity index (χ3n) is 5.19. The van der Waals surface area contributed by atoms with Crippen LogP contribution in [0, 0.1) is 0 Å². The summed E-state index contributed by atoms with van der Waals surface area (Å²) in [7, 11) is 3.01. The number of hydrogen-bond donors (Lipinski definition) is 1. The van der Waals surface area contributed by atoms with Gasteiger partial charge in [0.15, 0.2) is 0 Å². The highest BCUT2D eigenvalue weighted by Gasteiger charge is 2.43. The number of benzene rings is 3. The molecule has 3 aromatic rings. The third kappa shape index (κ3) is 3.43. The summed E-state index contributed by atoms with van der Waals surface area (Å²) >= 11 is 0. The predicted molar refractivity (Wildman–Crippen MR) is 107 cm³/mol. The quantitative estimate of drug-likeness (QED) is 0.584. The van der Waals surface area contributed by atoms with E-state index in [1.165, 1.54) is 20.3 Å². The van der Waals surface area contributed by atoms with Crippen LogP contribution in [0.15, 0.2) is 60.7 Å². The molecule has 1 heterocycles. The largest absolute Gasteiger partial charge is 0.497 e. The summed E-state index contributed by atoms with van der Waals surface area (Å²) in [5.74, 6) is -4.52. The van der Waals surface area contributed by atoms with E-state index in [1.54, 1.807) is 42.5 Å². The summed E-state index contributed by atoms with van der Waals surface area (Å²) in [6.07, 6.45) is -0.770. The molecule has 1 atom stereocenters. The molecule has 3 aromatic carbocycles. The van der Waals surface area contributed by atoms with Crippen LogP contribution in [0.3, 0.4) is 0 Å². The number of halogens is 3. The summed E-state index contributed by atoms with van der Waals surface area (Å²) in [5.41, 5.74) is 2.11. The molecule has 1 unspecified atom stereocenters. The van der Waals surface area contributed by atoms with Crippen LogP contribution in [0.2, 0.25) is 0 Å². The van der Waals surface area contributed by atoms with Gasteiger partial charge in [-0.25, -0.2) is 0 Å². The van der Waals surface area contributed by atoms with Crippen LogP contribution >= 0.6 is 0 Å². The molecular formula is C23H18F3NO4. The first-order valence-electron chi connectivity index (χ1n) is 9.32. The Kier molecular flexibility index (Phi) is 5.22. The lowest BCUT2D eigenvalue weighted by molar-refractivity contribution is -0.151. The van der Waals surface area contributed by atoms with E-state index in [9.17, 15) is 18.1 Å². The van der Waals surface area contributed by atoms with Crippen molar-refractivity contribution in [1.29, 1.82) is 0 Å². The number of rotatable bonds is 5. The summed E-state index contributed by atoms with van der Waals surface area (Å²) in [4.78, 5) is 11.4. The number of alkyl halides is 2. The summed E-state index contributed by atoms with van der Waals surface area (Å²) in [5, 5.41) is 0. The first-order valence-corrected chi connectivity index (χ1v) is 9.32. The van der Waals surface area contributed by atoms with Gasteiger partial charge in [-0.05, 0) is 35.9 Å². The van der Waals surface area contributed by atoms with Gasteiger partial charge in [-0.2, -0.15) is 14.3 Å². The zero-order chi connectivity index (χ0) is 22.2. The Labute approximate surface area is 176 Å². The topological polar surface area (TPSA) is 56.8 Å². The molecule has 160 valence electrons. The van der Waals surface area contributed by atoms with Crippen LogP contribution in [0.5, 0.6) is 17.2 Å². The standard InChI is InChI=1S/C23H18F3NO4/c1-29-15-6-3-5-13(11-15)21-17-12-14(23(24,25)22(28)27-26)9-10-16(17)20-18(30-2)7-4-8-19(20)31-21/h3-12,21H,1-2H3,(H,27,28). The van der Waals surface area contributed by atoms with Gasteiger partial charge in [-0.1, -0.05) is 30.3 Å². The molecule has 0 aromatic heterocycles. The van der Waals surface area contributed by atoms with Gasteiger partial charge in [0.2, 0.25) is 0 Å². The molecular weight excluding hydrogens is 411 g/mol. The Hall–Kier alpha value is -3.68. The second-order valence-electron chi connectivity index (χ2n) is 6.91. The molecule has 0 saturated heterocycles. The minimum Gasteiger partial charge on any atom is -0.497 e. The monoisotopic (exact) mass is 429 g/mol. The van der Waals surface area contributed by atoms with E-state index in [4.69, 9.17) is 14.2 Å². The van der Waals surface area contributed by atoms with E-state index in [1.807, 2.05) is 0 Å². The van der Waals surface area contributed by atoms with Gasteiger partial charge in [-0.15, -0.1) is 4.48 Å². The summed E-state index contributed by atoms with van der Waals surface area (Å²) < 4.78 is 58.3. The number of ether oxygens (including phenoxy) is 3. The SMILES string of the molecule is COc1cccc(C2Oc3cccc(OC)c3-c3ccc(C(F)(F)C(=O)NF)cc32)c1. The molecule has 4 rings (SSSR count). The molecule has 31 heavy (non-hydrogen) atoms. The lowest BCUT2D eigenvalue weighted by Gasteiger charge is -2.31. The van der Waals surface area contributed by atoms with Crippen molar-refractivity contribution in [2.75, 3.05) is 14.2 Å². The van der Waals surface area contributed by atoms with Gasteiger partial charge in [0.05, 0.1) is 19.8 Å². The van der Waals surface area contributed by atoms with Crippen molar-refractivity contribution >= 4 is 5.91 Å². The summed E-state index contributed by atoms with van der Waals surface area (Å²) in [6, 6.07) is 16.0. The van der Waals surface area contributed by atoms with Gasteiger partial charge in [0, 0.05) is 16.7 Å². The van der Waals surface area contributed by atoms with Crippen LogP contribution < -0.4 is 19.7 Å². The van der Waals surface area contributed by atoms with Crippen LogP contribution in [0.4, 0.5) is 13.3 Å². The fraction of sp³-hybridized carbons (Fsp3) is 0.174. The number of hydrogen-bond acceptors (Lipinski definition) is 4. The van der Waals surface area contributed by atoms with Crippen molar-refractivity contribution in [2.24, 2.45) is 0 Å².